The summed E-state index contributed by atoms with van der Waals surface area (Å²) in [5, 5.41) is 5.41. The number of rotatable bonds is 6. The molecule has 7 heteroatoms. The summed E-state index contributed by atoms with van der Waals surface area (Å²) in [6, 6.07) is 22.5. The van der Waals surface area contributed by atoms with Crippen molar-refractivity contribution in [2.45, 2.75) is 10.1 Å². The van der Waals surface area contributed by atoms with Crippen molar-refractivity contribution >= 4 is 50.8 Å². The highest BCUT2D eigenvalue weighted by atomic mass is 32.2. The summed E-state index contributed by atoms with van der Waals surface area (Å²) in [5.74, 6) is 0.381. The average molecular weight is 434 g/mol. The van der Waals surface area contributed by atoms with E-state index in [9.17, 15) is 9.59 Å². The van der Waals surface area contributed by atoms with E-state index in [1.807, 2.05) is 42.5 Å². The van der Waals surface area contributed by atoms with Gasteiger partial charge in [0.15, 0.2) is 4.34 Å². The van der Waals surface area contributed by atoms with E-state index in [0.29, 0.717) is 16.8 Å². The average Bonchev–Trinajstić information content (AvgIpc) is 3.20. The maximum absolute atomic E-state index is 12.5. The first-order valence-electron chi connectivity index (χ1n) is 9.33. The van der Waals surface area contributed by atoms with Gasteiger partial charge in [0.1, 0.15) is 0 Å². The van der Waals surface area contributed by atoms with Crippen molar-refractivity contribution in [1.82, 2.24) is 10.3 Å². The number of amides is 2. The molecule has 2 N–H and O–H groups in total. The summed E-state index contributed by atoms with van der Waals surface area (Å²) >= 11 is 3.38. The van der Waals surface area contributed by atoms with Gasteiger partial charge >= 0.3 is 0 Å². The van der Waals surface area contributed by atoms with Crippen molar-refractivity contribution in [3.8, 4) is 0 Å². The van der Waals surface area contributed by atoms with Crippen LogP contribution in [-0.4, -0.2) is 23.8 Å². The van der Waals surface area contributed by atoms with Crippen LogP contribution in [0.2, 0.25) is 0 Å². The number of aromatic nitrogens is 1. The molecule has 0 aliphatic heterocycles. The number of thiazole rings is 1. The van der Waals surface area contributed by atoms with E-state index in [2.05, 4.69) is 21.7 Å². The van der Waals surface area contributed by atoms with Crippen LogP contribution >= 0.6 is 23.1 Å². The van der Waals surface area contributed by atoms with E-state index in [0.717, 1.165) is 21.2 Å². The van der Waals surface area contributed by atoms with Crippen LogP contribution in [-0.2, 0) is 5.75 Å². The van der Waals surface area contributed by atoms with Gasteiger partial charge < -0.3 is 10.6 Å². The van der Waals surface area contributed by atoms with Gasteiger partial charge in [0.25, 0.3) is 11.8 Å². The van der Waals surface area contributed by atoms with Crippen molar-refractivity contribution in [3.05, 3.63) is 89.5 Å². The number of nitrogens with zero attached hydrogens (tertiary/aromatic N) is 1. The quantitative estimate of drug-likeness (QED) is 0.410. The summed E-state index contributed by atoms with van der Waals surface area (Å²) < 4.78 is 2.22. The molecule has 4 rings (SSSR count). The lowest BCUT2D eigenvalue weighted by atomic mass is 10.1. The van der Waals surface area contributed by atoms with Gasteiger partial charge in [-0.3, -0.25) is 9.59 Å². The van der Waals surface area contributed by atoms with Crippen LogP contribution in [0, 0.1) is 0 Å². The second-order valence-electron chi connectivity index (χ2n) is 6.55. The van der Waals surface area contributed by atoms with Gasteiger partial charge in [0.05, 0.1) is 10.2 Å². The number of anilines is 1. The van der Waals surface area contributed by atoms with Crippen molar-refractivity contribution in [1.29, 1.82) is 0 Å². The molecule has 0 radical (unpaired) electrons. The topological polar surface area (TPSA) is 71.1 Å². The largest absolute Gasteiger partial charge is 0.355 e. The van der Waals surface area contributed by atoms with Gasteiger partial charge in [-0.05, 0) is 48.0 Å². The van der Waals surface area contributed by atoms with Crippen LogP contribution < -0.4 is 10.6 Å². The zero-order chi connectivity index (χ0) is 20.9. The van der Waals surface area contributed by atoms with Crippen molar-refractivity contribution in [3.63, 3.8) is 0 Å². The number of benzene rings is 3. The zero-order valence-corrected chi connectivity index (χ0v) is 17.8. The normalized spacial score (nSPS) is 10.7. The van der Waals surface area contributed by atoms with Gasteiger partial charge in [-0.1, -0.05) is 42.1 Å². The summed E-state index contributed by atoms with van der Waals surface area (Å²) in [6.07, 6.45) is 0. The number of thioether (sulfide) groups is 1. The Labute approximate surface area is 182 Å². The first-order chi connectivity index (χ1) is 14.6. The lowest BCUT2D eigenvalue weighted by Gasteiger charge is -2.08. The molecule has 0 spiro atoms. The summed E-state index contributed by atoms with van der Waals surface area (Å²) in [7, 11) is 1.57. The number of fused-ring (bicyclic) bond motifs is 1. The molecule has 0 saturated heterocycles. The zero-order valence-electron chi connectivity index (χ0n) is 16.2. The molecular formula is C23H19N3O2S2. The first-order valence-corrected chi connectivity index (χ1v) is 11.1. The third-order valence-electron chi connectivity index (χ3n) is 4.46. The molecule has 0 bridgehead atoms. The smallest absolute Gasteiger partial charge is 0.255 e. The molecule has 0 atom stereocenters. The molecular weight excluding hydrogens is 414 g/mol. The maximum Gasteiger partial charge on any atom is 0.255 e. The van der Waals surface area contributed by atoms with Crippen molar-refractivity contribution in [2.75, 3.05) is 12.4 Å². The highest BCUT2D eigenvalue weighted by Crippen LogP contribution is 2.31. The van der Waals surface area contributed by atoms with E-state index in [-0.39, 0.29) is 11.8 Å². The van der Waals surface area contributed by atoms with Crippen LogP contribution in [0.25, 0.3) is 10.2 Å². The van der Waals surface area contributed by atoms with Gasteiger partial charge in [-0.15, -0.1) is 11.3 Å². The molecule has 0 aliphatic rings. The Bertz CT molecular complexity index is 1170. The molecule has 4 aromatic rings. The van der Waals surface area contributed by atoms with E-state index >= 15 is 0 Å². The summed E-state index contributed by atoms with van der Waals surface area (Å²) in [5.41, 5.74) is 3.79. The van der Waals surface area contributed by atoms with Crippen LogP contribution in [0.5, 0.6) is 0 Å². The molecule has 0 unspecified atom stereocenters. The minimum absolute atomic E-state index is 0.193. The number of para-hydroxylation sites is 1. The Morgan fingerprint density at radius 1 is 0.933 bits per heavy atom. The monoisotopic (exact) mass is 433 g/mol. The second kappa shape index (κ2) is 9.11. The fraction of sp³-hybridized carbons (Fsp3) is 0.0870. The predicted octanol–water partition coefficient (Wildman–Crippen LogP) is 5.20. The minimum atomic E-state index is -0.213. The Morgan fingerprint density at radius 3 is 2.50 bits per heavy atom. The molecule has 0 saturated carbocycles. The molecule has 0 aliphatic carbocycles. The Morgan fingerprint density at radius 2 is 1.73 bits per heavy atom. The van der Waals surface area contributed by atoms with E-state index in [1.165, 1.54) is 4.70 Å². The number of nitrogens with one attached hydrogen (secondary N) is 2. The van der Waals surface area contributed by atoms with Crippen molar-refractivity contribution in [2.24, 2.45) is 0 Å². The fourth-order valence-corrected chi connectivity index (χ4v) is 4.92. The molecule has 0 fully saturated rings. The molecule has 3 aromatic carbocycles. The van der Waals surface area contributed by atoms with Gasteiger partial charge in [0.2, 0.25) is 0 Å². The van der Waals surface area contributed by atoms with Gasteiger partial charge in [-0.25, -0.2) is 4.98 Å². The standard InChI is InChI=1S/C23H19N3O2S2/c1-24-21(27)17-5-4-6-18(13-17)25-22(28)16-11-9-15(10-12-16)14-29-23-26-19-7-2-3-8-20(19)30-23/h2-13H,14H2,1H3,(H,24,27)(H,25,28). The van der Waals surface area contributed by atoms with Crippen LogP contribution in [0.1, 0.15) is 26.3 Å². The highest BCUT2D eigenvalue weighted by molar-refractivity contribution is 8.00. The molecule has 150 valence electrons. The van der Waals surface area contributed by atoms with Crippen LogP contribution in [0.15, 0.2) is 77.1 Å². The molecule has 5 nitrogen and oxygen atoms in total. The van der Waals surface area contributed by atoms with E-state index < -0.39 is 0 Å². The Hall–Kier alpha value is -3.16. The van der Waals surface area contributed by atoms with Crippen molar-refractivity contribution < 1.29 is 9.59 Å². The van der Waals surface area contributed by atoms with Crippen LogP contribution in [0.4, 0.5) is 5.69 Å². The second-order valence-corrected chi connectivity index (χ2v) is 8.80. The Balaban J connectivity index is 1.38. The lowest BCUT2D eigenvalue weighted by molar-refractivity contribution is 0.0961. The predicted molar refractivity (Wildman–Crippen MR) is 123 cm³/mol. The van der Waals surface area contributed by atoms with E-state index in [1.54, 1.807) is 54.4 Å². The highest BCUT2D eigenvalue weighted by Gasteiger charge is 2.09. The minimum Gasteiger partial charge on any atom is -0.355 e. The molecule has 1 heterocycles. The number of carbonyl (C=O) groups excluding carboxylic acids is 2. The summed E-state index contributed by atoms with van der Waals surface area (Å²) in [4.78, 5) is 28.9. The number of carbonyl (C=O) groups is 2. The fourth-order valence-electron chi connectivity index (χ4n) is 2.90. The lowest BCUT2D eigenvalue weighted by Crippen LogP contribution is -2.18. The molecule has 30 heavy (non-hydrogen) atoms. The number of hydrogen-bond acceptors (Lipinski definition) is 5. The van der Waals surface area contributed by atoms with E-state index in [4.69, 9.17) is 0 Å². The molecule has 2 amide bonds. The Kier molecular flexibility index (Phi) is 6.11. The molecule has 1 aromatic heterocycles. The maximum atomic E-state index is 12.5. The van der Waals surface area contributed by atoms with Crippen LogP contribution in [0.3, 0.4) is 0 Å². The number of hydrogen-bond donors (Lipinski definition) is 2. The first kappa shape index (κ1) is 20.1. The summed E-state index contributed by atoms with van der Waals surface area (Å²) in [6.45, 7) is 0. The van der Waals surface area contributed by atoms with Gasteiger partial charge in [-0.2, -0.15) is 0 Å². The van der Waals surface area contributed by atoms with Gasteiger partial charge in [0, 0.05) is 29.6 Å². The third kappa shape index (κ3) is 4.69. The third-order valence-corrected chi connectivity index (χ3v) is 6.71. The SMILES string of the molecule is CNC(=O)c1cccc(NC(=O)c2ccc(CSc3nc4ccccc4s3)cc2)c1.